The van der Waals surface area contributed by atoms with Crippen molar-refractivity contribution in [1.29, 1.82) is 5.26 Å². The van der Waals surface area contributed by atoms with Crippen molar-refractivity contribution in [2.45, 2.75) is 11.0 Å². The SMILES string of the molecule is N#Cc1cc(F)cc(Oc2ccc3c(c2Br)C(O)CS3(=O)=O)c1. The van der Waals surface area contributed by atoms with Crippen molar-refractivity contribution in [3.63, 3.8) is 0 Å². The second-order valence-corrected chi connectivity index (χ2v) is 7.77. The van der Waals surface area contributed by atoms with Gasteiger partial charge in [0.15, 0.2) is 9.84 Å². The van der Waals surface area contributed by atoms with E-state index in [1.807, 2.05) is 6.07 Å². The van der Waals surface area contributed by atoms with Gasteiger partial charge in [0.25, 0.3) is 0 Å². The maximum Gasteiger partial charge on any atom is 0.181 e. The molecule has 8 heteroatoms. The van der Waals surface area contributed by atoms with E-state index in [4.69, 9.17) is 10.00 Å². The molecular weight excluding hydrogens is 389 g/mol. The number of rotatable bonds is 2. The highest BCUT2D eigenvalue weighted by atomic mass is 79.9. The van der Waals surface area contributed by atoms with Crippen LogP contribution in [-0.4, -0.2) is 19.3 Å². The predicted octanol–water partition coefficient (Wildman–Crippen LogP) is 3.07. The van der Waals surface area contributed by atoms with E-state index in [0.717, 1.165) is 12.1 Å². The average molecular weight is 398 g/mol. The van der Waals surface area contributed by atoms with Gasteiger partial charge in [-0.15, -0.1) is 0 Å². The number of hydrogen-bond acceptors (Lipinski definition) is 5. The first-order chi connectivity index (χ1) is 10.8. The third-order valence-corrected chi connectivity index (χ3v) is 5.98. The first-order valence-corrected chi connectivity index (χ1v) is 8.88. The first-order valence-electron chi connectivity index (χ1n) is 6.43. The van der Waals surface area contributed by atoms with Crippen LogP contribution in [0.15, 0.2) is 39.7 Å². The Hall–Kier alpha value is -1.95. The van der Waals surface area contributed by atoms with Gasteiger partial charge in [-0.25, -0.2) is 12.8 Å². The molecule has 1 atom stereocenters. The lowest BCUT2D eigenvalue weighted by Crippen LogP contribution is -2.02. The fourth-order valence-electron chi connectivity index (χ4n) is 2.41. The van der Waals surface area contributed by atoms with Gasteiger partial charge >= 0.3 is 0 Å². The van der Waals surface area contributed by atoms with Gasteiger partial charge in [-0.1, -0.05) is 0 Å². The number of benzene rings is 2. The first kappa shape index (κ1) is 15.9. The Morgan fingerprint density at radius 1 is 1.35 bits per heavy atom. The van der Waals surface area contributed by atoms with Crippen molar-refractivity contribution in [2.24, 2.45) is 0 Å². The molecule has 0 spiro atoms. The molecule has 0 bridgehead atoms. The van der Waals surface area contributed by atoms with Gasteiger partial charge in [-0.3, -0.25) is 0 Å². The summed E-state index contributed by atoms with van der Waals surface area (Å²) in [5.74, 6) is -0.700. The van der Waals surface area contributed by atoms with Crippen LogP contribution in [0.1, 0.15) is 17.2 Å². The van der Waals surface area contributed by atoms with Crippen LogP contribution in [0.5, 0.6) is 11.5 Å². The Bertz CT molecular complexity index is 953. The second kappa shape index (κ2) is 5.60. The standard InChI is InChI=1S/C15H9BrFNO4S/c16-15-12(22-10-4-8(6-18)3-9(17)5-10)1-2-13-14(15)11(19)7-23(13,20)21/h1-5,11,19H,7H2. The summed E-state index contributed by atoms with van der Waals surface area (Å²) < 4.78 is 43.1. The molecule has 1 heterocycles. The lowest BCUT2D eigenvalue weighted by Gasteiger charge is -2.12. The summed E-state index contributed by atoms with van der Waals surface area (Å²) in [6.45, 7) is 0. The van der Waals surface area contributed by atoms with Crippen molar-refractivity contribution in [2.75, 3.05) is 5.75 Å². The smallest absolute Gasteiger partial charge is 0.181 e. The molecule has 1 aliphatic rings. The van der Waals surface area contributed by atoms with Crippen molar-refractivity contribution in [1.82, 2.24) is 0 Å². The third kappa shape index (κ3) is 2.83. The van der Waals surface area contributed by atoms with Crippen molar-refractivity contribution in [3.05, 3.63) is 51.7 Å². The number of hydrogen-bond donors (Lipinski definition) is 1. The topological polar surface area (TPSA) is 87.4 Å². The van der Waals surface area contributed by atoms with Crippen LogP contribution in [0, 0.1) is 17.1 Å². The number of sulfone groups is 1. The quantitative estimate of drug-likeness (QED) is 0.840. The highest BCUT2D eigenvalue weighted by Crippen LogP contribution is 2.43. The van der Waals surface area contributed by atoms with Crippen LogP contribution >= 0.6 is 15.9 Å². The van der Waals surface area contributed by atoms with Crippen molar-refractivity contribution < 1.29 is 22.7 Å². The molecule has 0 saturated carbocycles. The predicted molar refractivity (Wildman–Crippen MR) is 82.3 cm³/mol. The molecule has 0 radical (unpaired) electrons. The number of halogens is 2. The lowest BCUT2D eigenvalue weighted by atomic mass is 10.1. The van der Waals surface area contributed by atoms with Gasteiger partial charge in [-0.05, 0) is 40.2 Å². The zero-order valence-electron chi connectivity index (χ0n) is 11.5. The molecule has 23 heavy (non-hydrogen) atoms. The second-order valence-electron chi connectivity index (χ2n) is 4.98. The molecule has 1 N–H and O–H groups in total. The summed E-state index contributed by atoms with van der Waals surface area (Å²) >= 11 is 3.23. The lowest BCUT2D eigenvalue weighted by molar-refractivity contribution is 0.203. The van der Waals surface area contributed by atoms with E-state index >= 15 is 0 Å². The Kier molecular flexibility index (Phi) is 3.88. The van der Waals surface area contributed by atoms with Crippen LogP contribution < -0.4 is 4.74 Å². The van der Waals surface area contributed by atoms with Gasteiger partial charge in [-0.2, -0.15) is 5.26 Å². The van der Waals surface area contributed by atoms with Crippen molar-refractivity contribution in [3.8, 4) is 17.6 Å². The molecule has 118 valence electrons. The van der Waals surface area contributed by atoms with E-state index in [2.05, 4.69) is 15.9 Å². The number of fused-ring (bicyclic) bond motifs is 1. The van der Waals surface area contributed by atoms with E-state index < -0.39 is 21.8 Å². The van der Waals surface area contributed by atoms with E-state index in [-0.39, 0.29) is 37.7 Å². The minimum atomic E-state index is -3.52. The Morgan fingerprint density at radius 3 is 2.78 bits per heavy atom. The summed E-state index contributed by atoms with van der Waals surface area (Å²) in [7, 11) is -3.52. The van der Waals surface area contributed by atoms with Gasteiger partial charge in [0.2, 0.25) is 0 Å². The van der Waals surface area contributed by atoms with Gasteiger partial charge < -0.3 is 9.84 Å². The Morgan fingerprint density at radius 2 is 2.09 bits per heavy atom. The van der Waals surface area contributed by atoms with Crippen LogP contribution in [0.3, 0.4) is 0 Å². The summed E-state index contributed by atoms with van der Waals surface area (Å²) in [6, 6.07) is 8.10. The van der Waals surface area contributed by atoms with Gasteiger partial charge in [0.1, 0.15) is 17.3 Å². The van der Waals surface area contributed by atoms with Gasteiger partial charge in [0.05, 0.1) is 32.9 Å². The van der Waals surface area contributed by atoms with Crippen molar-refractivity contribution >= 4 is 25.8 Å². The third-order valence-electron chi connectivity index (χ3n) is 3.38. The van der Waals surface area contributed by atoms with E-state index in [9.17, 15) is 17.9 Å². The minimum Gasteiger partial charge on any atom is -0.456 e. The molecule has 0 fully saturated rings. The number of aliphatic hydroxyl groups excluding tert-OH is 1. The molecule has 2 aromatic carbocycles. The Balaban J connectivity index is 2.06. The van der Waals surface area contributed by atoms with E-state index in [1.165, 1.54) is 18.2 Å². The molecular formula is C15H9BrFNO4S. The largest absolute Gasteiger partial charge is 0.456 e. The monoisotopic (exact) mass is 397 g/mol. The fourth-order valence-corrected chi connectivity index (χ4v) is 4.84. The average Bonchev–Trinajstić information content (AvgIpc) is 2.71. The van der Waals surface area contributed by atoms with E-state index in [1.54, 1.807) is 0 Å². The van der Waals surface area contributed by atoms with Crippen LogP contribution in [0.4, 0.5) is 4.39 Å². The van der Waals surface area contributed by atoms with Crippen LogP contribution in [-0.2, 0) is 9.84 Å². The number of nitriles is 1. The maximum absolute atomic E-state index is 13.4. The molecule has 0 aromatic heterocycles. The molecule has 1 unspecified atom stereocenters. The zero-order valence-corrected chi connectivity index (χ0v) is 13.9. The number of aliphatic hydroxyl groups is 1. The molecule has 3 rings (SSSR count). The summed E-state index contributed by atoms with van der Waals surface area (Å²) in [5.41, 5.74) is 0.319. The highest BCUT2D eigenvalue weighted by Gasteiger charge is 2.36. The number of ether oxygens (including phenoxy) is 1. The van der Waals surface area contributed by atoms with Crippen LogP contribution in [0.25, 0.3) is 0 Å². The maximum atomic E-state index is 13.4. The molecule has 5 nitrogen and oxygen atoms in total. The summed E-state index contributed by atoms with van der Waals surface area (Å²) in [6.07, 6.45) is -1.16. The summed E-state index contributed by atoms with van der Waals surface area (Å²) in [5, 5.41) is 18.8. The van der Waals surface area contributed by atoms with Crippen LogP contribution in [0.2, 0.25) is 0 Å². The molecule has 1 aliphatic heterocycles. The fraction of sp³-hybridized carbons (Fsp3) is 0.133. The van der Waals surface area contributed by atoms with E-state index in [0.29, 0.717) is 0 Å². The molecule has 0 saturated heterocycles. The zero-order chi connectivity index (χ0) is 16.8. The minimum absolute atomic E-state index is 0.0428. The molecule has 2 aromatic rings. The molecule has 0 amide bonds. The normalized spacial score (nSPS) is 18.3. The Labute approximate surface area is 140 Å². The molecule has 0 aliphatic carbocycles. The summed E-state index contributed by atoms with van der Waals surface area (Å²) in [4.78, 5) is 0.0428. The highest BCUT2D eigenvalue weighted by molar-refractivity contribution is 9.10. The number of nitrogens with zero attached hydrogens (tertiary/aromatic N) is 1. The van der Waals surface area contributed by atoms with Gasteiger partial charge in [0, 0.05) is 11.6 Å².